The van der Waals surface area contributed by atoms with E-state index in [0.717, 1.165) is 12.2 Å². The Hall–Kier alpha value is -2.60. The minimum atomic E-state index is -0.280. The van der Waals surface area contributed by atoms with E-state index in [1.165, 1.54) is 0 Å². The van der Waals surface area contributed by atoms with E-state index >= 15 is 0 Å². The van der Waals surface area contributed by atoms with Crippen LogP contribution < -0.4 is 0 Å². The summed E-state index contributed by atoms with van der Waals surface area (Å²) in [5.74, 6) is -0.353. The number of benzene rings is 1. The average molecular weight is 357 g/mol. The van der Waals surface area contributed by atoms with Gasteiger partial charge in [-0.15, -0.1) is 0 Å². The van der Waals surface area contributed by atoms with Crippen molar-refractivity contribution in [2.24, 2.45) is 0 Å². The number of carbonyl (C=O) groups is 2. The van der Waals surface area contributed by atoms with Crippen LogP contribution in [0.2, 0.25) is 0 Å². The Morgan fingerprint density at radius 2 is 1.65 bits per heavy atom. The highest BCUT2D eigenvalue weighted by molar-refractivity contribution is 5.94. The quantitative estimate of drug-likeness (QED) is 0.647. The van der Waals surface area contributed by atoms with E-state index in [1.807, 2.05) is 72.4 Å². The predicted octanol–water partition coefficient (Wildman–Crippen LogP) is 2.43. The molecule has 0 N–H and O–H groups in total. The van der Waals surface area contributed by atoms with E-state index in [4.69, 9.17) is 4.74 Å². The fourth-order valence-electron chi connectivity index (χ4n) is 2.56. The van der Waals surface area contributed by atoms with Gasteiger partial charge in [-0.25, -0.2) is 0 Å². The SMILES string of the molecule is CCOC(=O)CCN(CCN(C)C)C(=O)c1ccc(-n2cccc2)cc1. The van der Waals surface area contributed by atoms with Crippen LogP contribution in [0.15, 0.2) is 48.8 Å². The van der Waals surface area contributed by atoms with Crippen LogP contribution in [0.1, 0.15) is 23.7 Å². The Labute approximate surface area is 155 Å². The van der Waals surface area contributed by atoms with Crippen LogP contribution >= 0.6 is 0 Å². The first kappa shape index (κ1) is 19.7. The van der Waals surface area contributed by atoms with Gasteiger partial charge in [0.15, 0.2) is 0 Å². The van der Waals surface area contributed by atoms with Crippen LogP contribution in [0.5, 0.6) is 0 Å². The van der Waals surface area contributed by atoms with Gasteiger partial charge in [0.2, 0.25) is 0 Å². The molecule has 6 nitrogen and oxygen atoms in total. The normalized spacial score (nSPS) is 10.8. The zero-order valence-corrected chi connectivity index (χ0v) is 15.7. The monoisotopic (exact) mass is 357 g/mol. The molecule has 1 aromatic heterocycles. The first-order valence-corrected chi connectivity index (χ1v) is 8.84. The molecule has 0 saturated carbocycles. The second-order valence-corrected chi connectivity index (χ2v) is 6.29. The van der Waals surface area contributed by atoms with E-state index < -0.39 is 0 Å². The molecular weight excluding hydrogens is 330 g/mol. The minimum absolute atomic E-state index is 0.0739. The Morgan fingerprint density at radius 1 is 1.00 bits per heavy atom. The van der Waals surface area contributed by atoms with Crippen molar-refractivity contribution in [2.75, 3.05) is 40.3 Å². The van der Waals surface area contributed by atoms with Gasteiger partial charge in [0.25, 0.3) is 5.91 Å². The minimum Gasteiger partial charge on any atom is -0.466 e. The van der Waals surface area contributed by atoms with Gasteiger partial charge in [0.1, 0.15) is 0 Å². The predicted molar refractivity (Wildman–Crippen MR) is 101 cm³/mol. The molecule has 140 valence electrons. The van der Waals surface area contributed by atoms with E-state index in [9.17, 15) is 9.59 Å². The van der Waals surface area contributed by atoms with Gasteiger partial charge in [-0.2, -0.15) is 0 Å². The van der Waals surface area contributed by atoms with Crippen molar-refractivity contribution in [3.8, 4) is 5.69 Å². The summed E-state index contributed by atoms with van der Waals surface area (Å²) in [6.07, 6.45) is 4.12. The van der Waals surface area contributed by atoms with Gasteiger partial charge in [-0.1, -0.05) is 0 Å². The molecule has 0 saturated heterocycles. The highest BCUT2D eigenvalue weighted by Crippen LogP contribution is 2.12. The summed E-state index contributed by atoms with van der Waals surface area (Å²) in [5, 5.41) is 0. The number of nitrogens with zero attached hydrogens (tertiary/aromatic N) is 3. The number of aromatic nitrogens is 1. The molecular formula is C20H27N3O3. The fraction of sp³-hybridized carbons (Fsp3) is 0.400. The highest BCUT2D eigenvalue weighted by Gasteiger charge is 2.17. The molecule has 0 bridgehead atoms. The van der Waals surface area contributed by atoms with Gasteiger partial charge in [-0.3, -0.25) is 9.59 Å². The number of amides is 1. The van der Waals surface area contributed by atoms with Crippen LogP contribution in [0.25, 0.3) is 5.69 Å². The Morgan fingerprint density at radius 3 is 2.23 bits per heavy atom. The second kappa shape index (κ2) is 9.77. The molecule has 1 amide bonds. The van der Waals surface area contributed by atoms with Gasteiger partial charge < -0.3 is 19.1 Å². The largest absolute Gasteiger partial charge is 0.466 e. The van der Waals surface area contributed by atoms with E-state index in [2.05, 4.69) is 0 Å². The maximum atomic E-state index is 12.9. The summed E-state index contributed by atoms with van der Waals surface area (Å²) in [6, 6.07) is 11.4. The lowest BCUT2D eigenvalue weighted by molar-refractivity contribution is -0.143. The summed E-state index contributed by atoms with van der Waals surface area (Å²) in [4.78, 5) is 28.2. The maximum Gasteiger partial charge on any atom is 0.307 e. The summed E-state index contributed by atoms with van der Waals surface area (Å²) >= 11 is 0. The molecule has 0 fully saturated rings. The van der Waals surface area contributed by atoms with E-state index in [-0.39, 0.29) is 18.3 Å². The van der Waals surface area contributed by atoms with Gasteiger partial charge in [0.05, 0.1) is 13.0 Å². The lowest BCUT2D eigenvalue weighted by Crippen LogP contribution is -2.38. The number of likely N-dealkylation sites (N-methyl/N-ethyl adjacent to an activating group) is 1. The molecule has 1 heterocycles. The van der Waals surface area contributed by atoms with Gasteiger partial charge in [-0.05, 0) is 57.4 Å². The molecule has 0 aliphatic heterocycles. The van der Waals surface area contributed by atoms with Gasteiger partial charge >= 0.3 is 5.97 Å². The number of ether oxygens (including phenoxy) is 1. The standard InChI is InChI=1S/C20H27N3O3/c1-4-26-19(24)11-14-23(16-15-21(2)3)20(25)17-7-9-18(10-8-17)22-12-5-6-13-22/h5-10,12-13H,4,11,14-16H2,1-3H3. The molecule has 6 heteroatoms. The van der Waals surface area contributed by atoms with Crippen LogP contribution in [0, 0.1) is 0 Å². The molecule has 0 aliphatic rings. The number of hydrogen-bond acceptors (Lipinski definition) is 4. The van der Waals surface area contributed by atoms with Gasteiger partial charge in [0, 0.05) is 43.3 Å². The van der Waals surface area contributed by atoms with Crippen molar-refractivity contribution in [3.05, 3.63) is 54.4 Å². The zero-order valence-electron chi connectivity index (χ0n) is 15.7. The third-order valence-electron chi connectivity index (χ3n) is 4.01. The zero-order chi connectivity index (χ0) is 18.9. The Bertz CT molecular complexity index is 694. The Balaban J connectivity index is 2.07. The Kier molecular flexibility index (Phi) is 7.41. The van der Waals surface area contributed by atoms with Crippen molar-refractivity contribution in [1.82, 2.24) is 14.4 Å². The van der Waals surface area contributed by atoms with Crippen molar-refractivity contribution in [1.29, 1.82) is 0 Å². The van der Waals surface area contributed by atoms with Crippen molar-refractivity contribution < 1.29 is 14.3 Å². The van der Waals surface area contributed by atoms with Crippen LogP contribution in [0.4, 0.5) is 0 Å². The fourth-order valence-corrected chi connectivity index (χ4v) is 2.56. The molecule has 0 radical (unpaired) electrons. The maximum absolute atomic E-state index is 12.9. The average Bonchev–Trinajstić information content (AvgIpc) is 3.16. The van der Waals surface area contributed by atoms with E-state index in [1.54, 1.807) is 11.8 Å². The summed E-state index contributed by atoms with van der Waals surface area (Å²) in [5.41, 5.74) is 1.61. The topological polar surface area (TPSA) is 54.8 Å². The molecule has 2 rings (SSSR count). The van der Waals surface area contributed by atoms with E-state index in [0.29, 0.717) is 25.3 Å². The molecule has 0 aliphatic carbocycles. The second-order valence-electron chi connectivity index (χ2n) is 6.29. The molecule has 0 atom stereocenters. The van der Waals surface area contributed by atoms with Crippen molar-refractivity contribution >= 4 is 11.9 Å². The lowest BCUT2D eigenvalue weighted by atomic mass is 10.1. The van der Waals surface area contributed by atoms with Crippen molar-refractivity contribution in [2.45, 2.75) is 13.3 Å². The molecule has 1 aromatic carbocycles. The number of rotatable bonds is 9. The van der Waals surface area contributed by atoms with Crippen molar-refractivity contribution in [3.63, 3.8) is 0 Å². The highest BCUT2D eigenvalue weighted by atomic mass is 16.5. The molecule has 0 unspecified atom stereocenters. The number of hydrogen-bond donors (Lipinski definition) is 0. The lowest BCUT2D eigenvalue weighted by Gasteiger charge is -2.24. The number of esters is 1. The van der Waals surface area contributed by atoms with Crippen LogP contribution in [-0.4, -0.2) is 66.6 Å². The third kappa shape index (κ3) is 5.74. The summed E-state index contributed by atoms with van der Waals surface area (Å²) in [7, 11) is 3.92. The molecule has 0 spiro atoms. The smallest absolute Gasteiger partial charge is 0.307 e. The summed E-state index contributed by atoms with van der Waals surface area (Å²) in [6.45, 7) is 3.77. The van der Waals surface area contributed by atoms with Crippen LogP contribution in [-0.2, 0) is 9.53 Å². The number of carbonyl (C=O) groups excluding carboxylic acids is 2. The molecule has 26 heavy (non-hydrogen) atoms. The third-order valence-corrected chi connectivity index (χ3v) is 4.01. The summed E-state index contributed by atoms with van der Waals surface area (Å²) < 4.78 is 6.96. The first-order chi connectivity index (χ1) is 12.5. The first-order valence-electron chi connectivity index (χ1n) is 8.84. The van der Waals surface area contributed by atoms with Crippen LogP contribution in [0.3, 0.4) is 0 Å². The molecule has 2 aromatic rings.